The van der Waals surface area contributed by atoms with Crippen LogP contribution in [0.25, 0.3) is 23.1 Å². The highest BCUT2D eigenvalue weighted by molar-refractivity contribution is 6.32. The summed E-state index contributed by atoms with van der Waals surface area (Å²) in [4.78, 5) is 12.7. The fourth-order valence-electron chi connectivity index (χ4n) is 4.17. The van der Waals surface area contributed by atoms with Gasteiger partial charge in [0.2, 0.25) is 0 Å². The number of fused-ring (bicyclic) bond motifs is 1. The lowest BCUT2D eigenvalue weighted by Crippen LogP contribution is -2.51. The molecule has 9 heteroatoms. The third-order valence-electron chi connectivity index (χ3n) is 5.75. The second-order valence-corrected chi connectivity index (χ2v) is 8.59. The molecule has 1 aliphatic heterocycles. The molecule has 168 valence electrons. The quantitative estimate of drug-likeness (QED) is 0.402. The highest BCUT2D eigenvalue weighted by Gasteiger charge is 2.37. The molecule has 0 radical (unpaired) electrons. The number of aromatic hydroxyl groups is 2. The van der Waals surface area contributed by atoms with Gasteiger partial charge in [0.25, 0.3) is 0 Å². The monoisotopic (exact) mass is 461 g/mol. The Hall–Kier alpha value is -2.91. The van der Waals surface area contributed by atoms with E-state index in [1.54, 1.807) is 0 Å². The van der Waals surface area contributed by atoms with Gasteiger partial charge in [0.15, 0.2) is 5.43 Å². The van der Waals surface area contributed by atoms with Crippen LogP contribution in [0.3, 0.4) is 0 Å². The van der Waals surface area contributed by atoms with Crippen molar-refractivity contribution in [3.8, 4) is 11.5 Å². The van der Waals surface area contributed by atoms with Crippen LogP contribution in [0.1, 0.15) is 29.2 Å². The zero-order valence-corrected chi connectivity index (χ0v) is 17.8. The molecule has 1 saturated heterocycles. The SMILES string of the molecule is C[N+]1([O-])CC[C@H](c2c(O)cc(O)c3c(=O)cc(/C=C/c4c(F)cccc4Cl)oc23)[C@H](O)C1. The Labute approximate surface area is 187 Å². The number of halogens is 2. The van der Waals surface area contributed by atoms with Crippen LogP contribution in [0.5, 0.6) is 11.5 Å². The number of nitrogens with zero attached hydrogens (tertiary/aromatic N) is 1. The van der Waals surface area contributed by atoms with E-state index in [0.717, 1.165) is 12.1 Å². The molecule has 0 amide bonds. The Bertz CT molecular complexity index is 1270. The number of benzene rings is 2. The number of aliphatic hydroxyl groups excluding tert-OH is 1. The van der Waals surface area contributed by atoms with Crippen LogP contribution >= 0.6 is 11.6 Å². The second-order valence-electron chi connectivity index (χ2n) is 8.18. The summed E-state index contributed by atoms with van der Waals surface area (Å²) in [6.45, 7) is 0.0984. The summed E-state index contributed by atoms with van der Waals surface area (Å²) < 4.78 is 19.2. The fourth-order valence-corrected chi connectivity index (χ4v) is 4.40. The molecule has 1 aliphatic rings. The number of likely N-dealkylation sites (N-methyl/N-ethyl adjacent to an activating group) is 1. The van der Waals surface area contributed by atoms with Crippen LogP contribution in [-0.2, 0) is 0 Å². The van der Waals surface area contributed by atoms with E-state index in [9.17, 15) is 29.7 Å². The maximum absolute atomic E-state index is 14.1. The van der Waals surface area contributed by atoms with Crippen molar-refractivity contribution in [3.05, 3.63) is 73.5 Å². The van der Waals surface area contributed by atoms with Crippen molar-refractivity contribution in [1.82, 2.24) is 0 Å². The molecule has 0 spiro atoms. The van der Waals surface area contributed by atoms with Gasteiger partial charge in [-0.2, -0.15) is 0 Å². The van der Waals surface area contributed by atoms with Crippen molar-refractivity contribution >= 4 is 34.7 Å². The van der Waals surface area contributed by atoms with Gasteiger partial charge in [-0.3, -0.25) is 4.79 Å². The lowest BCUT2D eigenvalue weighted by Gasteiger charge is -2.46. The molecule has 1 unspecified atom stereocenters. The molecule has 2 aromatic carbocycles. The average Bonchev–Trinajstić information content (AvgIpc) is 2.68. The van der Waals surface area contributed by atoms with Crippen LogP contribution < -0.4 is 5.43 Å². The summed E-state index contributed by atoms with van der Waals surface area (Å²) in [6, 6.07) is 6.36. The van der Waals surface area contributed by atoms with Gasteiger partial charge in [-0.1, -0.05) is 17.7 Å². The number of hydroxylamine groups is 3. The minimum absolute atomic E-state index is 0.0304. The maximum Gasteiger partial charge on any atom is 0.197 e. The highest BCUT2D eigenvalue weighted by Crippen LogP contribution is 2.42. The maximum atomic E-state index is 14.1. The van der Waals surface area contributed by atoms with Crippen LogP contribution in [0.15, 0.2) is 39.5 Å². The predicted molar refractivity (Wildman–Crippen MR) is 119 cm³/mol. The molecular formula is C23H21ClFNO6. The first-order chi connectivity index (χ1) is 15.1. The van der Waals surface area contributed by atoms with Crippen LogP contribution in [0.4, 0.5) is 4.39 Å². The van der Waals surface area contributed by atoms with Crippen molar-refractivity contribution in [1.29, 1.82) is 0 Å². The molecule has 3 N–H and O–H groups in total. The molecule has 0 aliphatic carbocycles. The molecule has 32 heavy (non-hydrogen) atoms. The fraction of sp³-hybridized carbons (Fsp3) is 0.261. The third kappa shape index (κ3) is 4.10. The number of aliphatic hydroxyl groups is 1. The molecule has 3 aromatic rings. The summed E-state index contributed by atoms with van der Waals surface area (Å²) in [5.41, 5.74) is -0.438. The van der Waals surface area contributed by atoms with Crippen molar-refractivity contribution in [2.75, 3.05) is 20.1 Å². The summed E-state index contributed by atoms with van der Waals surface area (Å²) in [5, 5.41) is 43.7. The van der Waals surface area contributed by atoms with E-state index in [1.165, 1.54) is 37.4 Å². The molecular weight excluding hydrogens is 441 g/mol. The molecule has 7 nitrogen and oxygen atoms in total. The van der Waals surface area contributed by atoms with Crippen molar-refractivity contribution in [2.24, 2.45) is 0 Å². The van der Waals surface area contributed by atoms with E-state index in [2.05, 4.69) is 0 Å². The molecule has 2 heterocycles. The minimum Gasteiger partial charge on any atom is -0.633 e. The Balaban J connectivity index is 1.86. The minimum atomic E-state index is -1.09. The van der Waals surface area contributed by atoms with E-state index >= 15 is 0 Å². The smallest absolute Gasteiger partial charge is 0.197 e. The second kappa shape index (κ2) is 8.22. The average molecular weight is 462 g/mol. The molecule has 3 atom stereocenters. The van der Waals surface area contributed by atoms with E-state index in [1.807, 2.05) is 0 Å². The standard InChI is InChI=1S/C23H21ClFNO6/c1-26(31)8-7-14(20(30)11-26)21-18(28)10-19(29)22-17(27)9-12(32-23(21)22)5-6-13-15(24)3-2-4-16(13)25/h2-6,9-10,14,20,28-30H,7-8,11H2,1H3/b6-5+/t14-,20+,26?/m0/s1. The van der Waals surface area contributed by atoms with Gasteiger partial charge in [0.1, 0.15) is 46.7 Å². The zero-order chi connectivity index (χ0) is 23.2. The van der Waals surface area contributed by atoms with Crippen molar-refractivity contribution in [3.63, 3.8) is 0 Å². The van der Waals surface area contributed by atoms with Crippen molar-refractivity contribution < 1.29 is 28.8 Å². The van der Waals surface area contributed by atoms with Gasteiger partial charge >= 0.3 is 0 Å². The first-order valence-electron chi connectivity index (χ1n) is 9.96. The normalized spacial score (nSPS) is 23.8. The number of phenolic OH excluding ortho intramolecular Hbond substituents is 2. The largest absolute Gasteiger partial charge is 0.633 e. The third-order valence-corrected chi connectivity index (χ3v) is 6.08. The van der Waals surface area contributed by atoms with Gasteiger partial charge < -0.3 is 29.6 Å². The number of quaternary nitrogens is 1. The Morgan fingerprint density at radius 2 is 2.00 bits per heavy atom. The van der Waals surface area contributed by atoms with E-state index in [4.69, 9.17) is 16.0 Å². The van der Waals surface area contributed by atoms with Gasteiger partial charge in [-0.15, -0.1) is 0 Å². The van der Waals surface area contributed by atoms with Crippen LogP contribution in [-0.4, -0.2) is 46.2 Å². The number of likely N-dealkylation sites (tertiary alicyclic amines) is 1. The number of rotatable bonds is 3. The Morgan fingerprint density at radius 3 is 2.69 bits per heavy atom. The lowest BCUT2D eigenvalue weighted by molar-refractivity contribution is -0.870. The summed E-state index contributed by atoms with van der Waals surface area (Å²) in [7, 11) is 1.45. The first-order valence-corrected chi connectivity index (χ1v) is 10.3. The number of hydrogen-bond acceptors (Lipinski definition) is 6. The molecule has 0 bridgehead atoms. The first kappa shape index (κ1) is 22.3. The zero-order valence-electron chi connectivity index (χ0n) is 17.1. The molecule has 4 rings (SSSR count). The van der Waals surface area contributed by atoms with Crippen molar-refractivity contribution in [2.45, 2.75) is 18.4 Å². The number of piperidine rings is 1. The number of phenols is 2. The summed E-state index contributed by atoms with van der Waals surface area (Å²) in [5.74, 6) is -2.04. The van der Waals surface area contributed by atoms with Gasteiger partial charge in [-0.25, -0.2) is 4.39 Å². The topological polar surface area (TPSA) is 114 Å². The Morgan fingerprint density at radius 1 is 1.25 bits per heavy atom. The summed E-state index contributed by atoms with van der Waals surface area (Å²) >= 11 is 6.02. The molecule has 1 fully saturated rings. The van der Waals surface area contributed by atoms with E-state index in [-0.39, 0.29) is 58.1 Å². The predicted octanol–water partition coefficient (Wildman–Crippen LogP) is 3.96. The van der Waals surface area contributed by atoms with Gasteiger partial charge in [-0.05, 0) is 24.3 Å². The van der Waals surface area contributed by atoms with Gasteiger partial charge in [0, 0.05) is 35.6 Å². The Kier molecular flexibility index (Phi) is 5.72. The van der Waals surface area contributed by atoms with Crippen LogP contribution in [0.2, 0.25) is 5.02 Å². The molecule has 1 aromatic heterocycles. The molecule has 0 saturated carbocycles. The summed E-state index contributed by atoms with van der Waals surface area (Å²) in [6.07, 6.45) is 1.84. The van der Waals surface area contributed by atoms with E-state index < -0.39 is 33.7 Å². The highest BCUT2D eigenvalue weighted by atomic mass is 35.5. The van der Waals surface area contributed by atoms with Gasteiger partial charge in [0.05, 0.1) is 18.6 Å². The lowest BCUT2D eigenvalue weighted by atomic mass is 9.85. The van der Waals surface area contributed by atoms with E-state index in [0.29, 0.717) is 0 Å². The number of hydrogen-bond donors (Lipinski definition) is 3. The van der Waals surface area contributed by atoms with Crippen LogP contribution in [0, 0.1) is 11.0 Å².